The Morgan fingerprint density at radius 2 is 2.07 bits per heavy atom. The van der Waals surface area contributed by atoms with Crippen molar-refractivity contribution in [3.05, 3.63) is 80.3 Å². The highest BCUT2D eigenvalue weighted by Gasteiger charge is 2.27. The minimum atomic E-state index is -0.529. The summed E-state index contributed by atoms with van der Waals surface area (Å²) in [6.45, 7) is 1.64. The van der Waals surface area contributed by atoms with Gasteiger partial charge >= 0.3 is 0 Å². The molecule has 1 amide bonds. The maximum atomic E-state index is 13.0. The van der Waals surface area contributed by atoms with Gasteiger partial charge in [0.1, 0.15) is 23.0 Å². The van der Waals surface area contributed by atoms with E-state index in [9.17, 15) is 20.2 Å². The average molecular weight is 399 g/mol. The Labute approximate surface area is 165 Å². The first-order chi connectivity index (χ1) is 13.3. The van der Waals surface area contributed by atoms with Gasteiger partial charge in [-0.2, -0.15) is 5.26 Å². The molecule has 0 atom stereocenters. The van der Waals surface area contributed by atoms with Crippen molar-refractivity contribution in [1.29, 1.82) is 5.26 Å². The van der Waals surface area contributed by atoms with Crippen LogP contribution >= 0.6 is 11.6 Å². The number of furan rings is 1. The molecule has 0 aliphatic rings. The first-order valence-corrected chi connectivity index (χ1v) is 8.56. The highest BCUT2D eigenvalue weighted by atomic mass is 35.5. The van der Waals surface area contributed by atoms with Crippen molar-refractivity contribution in [2.45, 2.75) is 13.5 Å². The number of halogens is 1. The molecule has 9 heteroatoms. The number of non-ortho nitro benzene ring substituents is 1. The van der Waals surface area contributed by atoms with Crippen molar-refractivity contribution in [1.82, 2.24) is 9.47 Å². The molecule has 0 N–H and O–H groups in total. The lowest BCUT2D eigenvalue weighted by Gasteiger charge is -2.18. The number of hydrogen-bond acceptors (Lipinski definition) is 5. The Morgan fingerprint density at radius 3 is 2.68 bits per heavy atom. The molecule has 0 saturated carbocycles. The largest absolute Gasteiger partial charge is 0.443 e. The summed E-state index contributed by atoms with van der Waals surface area (Å²) < 4.78 is 7.27. The van der Waals surface area contributed by atoms with Crippen molar-refractivity contribution >= 4 is 23.2 Å². The Morgan fingerprint density at radius 1 is 1.39 bits per heavy atom. The van der Waals surface area contributed by atoms with E-state index >= 15 is 0 Å². The van der Waals surface area contributed by atoms with E-state index in [0.29, 0.717) is 16.3 Å². The molecule has 0 saturated heterocycles. The fourth-order valence-corrected chi connectivity index (χ4v) is 3.03. The molecule has 0 unspecified atom stereocenters. The zero-order chi connectivity index (χ0) is 20.4. The normalized spacial score (nSPS) is 10.5. The van der Waals surface area contributed by atoms with Crippen LogP contribution in [0.15, 0.2) is 47.1 Å². The molecule has 0 bridgehead atoms. The molecule has 3 rings (SSSR count). The third-order valence-corrected chi connectivity index (χ3v) is 4.59. The molecule has 0 radical (unpaired) electrons. The Balaban J connectivity index is 1.94. The van der Waals surface area contributed by atoms with E-state index in [1.54, 1.807) is 36.0 Å². The van der Waals surface area contributed by atoms with Gasteiger partial charge < -0.3 is 9.32 Å². The Kier molecular flexibility index (Phi) is 5.20. The summed E-state index contributed by atoms with van der Waals surface area (Å²) in [6, 6.07) is 9.62. The standard InChI is InChI=1S/C19H15ClN4O4/c1-12-17(15(10-21)19(28-12)23-7-3-4-8-23)18(25)22(2)11-13-9-14(24(26)27)5-6-16(13)20/h3-9H,11H2,1-2H3. The van der Waals surface area contributed by atoms with E-state index in [-0.39, 0.29) is 29.2 Å². The molecule has 28 heavy (non-hydrogen) atoms. The molecule has 1 aromatic carbocycles. The first kappa shape index (κ1) is 19.2. The number of nitrogens with zero attached hydrogens (tertiary/aromatic N) is 4. The molecule has 0 aliphatic heterocycles. The summed E-state index contributed by atoms with van der Waals surface area (Å²) in [6.07, 6.45) is 3.42. The lowest BCUT2D eigenvalue weighted by Crippen LogP contribution is -2.27. The minimum absolute atomic E-state index is 0.0354. The van der Waals surface area contributed by atoms with E-state index < -0.39 is 10.8 Å². The molecule has 2 heterocycles. The summed E-state index contributed by atoms with van der Waals surface area (Å²) in [5.41, 5.74) is 0.579. The van der Waals surface area contributed by atoms with E-state index in [1.165, 1.54) is 30.1 Å². The highest BCUT2D eigenvalue weighted by molar-refractivity contribution is 6.31. The van der Waals surface area contributed by atoms with Gasteiger partial charge in [-0.15, -0.1) is 0 Å². The molecule has 3 aromatic rings. The Hall–Kier alpha value is -3.57. The van der Waals surface area contributed by atoms with Crippen LogP contribution in [0.5, 0.6) is 0 Å². The van der Waals surface area contributed by atoms with Crippen molar-refractivity contribution in [3.63, 3.8) is 0 Å². The van der Waals surface area contributed by atoms with Crippen LogP contribution in [0.1, 0.15) is 27.2 Å². The molecular weight excluding hydrogens is 384 g/mol. The van der Waals surface area contributed by atoms with Crippen molar-refractivity contribution in [3.8, 4) is 12.0 Å². The van der Waals surface area contributed by atoms with Gasteiger partial charge in [0.2, 0.25) is 5.88 Å². The maximum Gasteiger partial charge on any atom is 0.269 e. The van der Waals surface area contributed by atoms with Crippen molar-refractivity contribution in [2.75, 3.05) is 7.05 Å². The van der Waals surface area contributed by atoms with E-state index in [0.717, 1.165) is 0 Å². The number of nitro groups is 1. The van der Waals surface area contributed by atoms with Gasteiger partial charge in [0, 0.05) is 43.1 Å². The third kappa shape index (κ3) is 3.48. The van der Waals surface area contributed by atoms with Crippen LogP contribution in [-0.2, 0) is 6.54 Å². The number of carbonyl (C=O) groups is 1. The summed E-state index contributed by atoms with van der Waals surface area (Å²) in [5.74, 6) is 0.121. The minimum Gasteiger partial charge on any atom is -0.443 e. The molecular formula is C19H15ClN4O4. The molecule has 8 nitrogen and oxygen atoms in total. The van der Waals surface area contributed by atoms with E-state index in [1.807, 2.05) is 6.07 Å². The first-order valence-electron chi connectivity index (χ1n) is 8.18. The van der Waals surface area contributed by atoms with Gasteiger partial charge in [-0.3, -0.25) is 19.5 Å². The summed E-state index contributed by atoms with van der Waals surface area (Å²) in [7, 11) is 1.53. The number of nitro benzene ring substituents is 1. The number of aromatic nitrogens is 1. The van der Waals surface area contributed by atoms with Gasteiger partial charge in [0.25, 0.3) is 11.6 Å². The highest BCUT2D eigenvalue weighted by Crippen LogP contribution is 2.28. The Bertz CT molecular complexity index is 1100. The number of amides is 1. The number of benzene rings is 1. The maximum absolute atomic E-state index is 13.0. The van der Waals surface area contributed by atoms with Gasteiger partial charge in [-0.05, 0) is 30.7 Å². The van der Waals surface area contributed by atoms with Crippen LogP contribution in [0.4, 0.5) is 5.69 Å². The van der Waals surface area contributed by atoms with Crippen LogP contribution in [0.25, 0.3) is 5.88 Å². The molecule has 142 valence electrons. The molecule has 0 spiro atoms. The number of aryl methyl sites for hydroxylation is 1. The van der Waals surface area contributed by atoms with Gasteiger partial charge in [0.05, 0.1) is 4.92 Å². The van der Waals surface area contributed by atoms with Crippen LogP contribution in [0, 0.1) is 28.4 Å². The van der Waals surface area contributed by atoms with Crippen molar-refractivity contribution in [2.24, 2.45) is 0 Å². The quantitative estimate of drug-likeness (QED) is 0.475. The predicted octanol–water partition coefficient (Wildman–Crippen LogP) is 4.08. The fourth-order valence-electron chi connectivity index (χ4n) is 2.86. The lowest BCUT2D eigenvalue weighted by atomic mass is 10.1. The van der Waals surface area contributed by atoms with Crippen LogP contribution in [0.3, 0.4) is 0 Å². The monoisotopic (exact) mass is 398 g/mol. The zero-order valence-corrected chi connectivity index (χ0v) is 15.8. The van der Waals surface area contributed by atoms with E-state index in [2.05, 4.69) is 0 Å². The summed E-state index contributed by atoms with van der Waals surface area (Å²) in [5, 5.41) is 20.9. The number of carbonyl (C=O) groups excluding carboxylic acids is 1. The average Bonchev–Trinajstić information content (AvgIpc) is 3.29. The number of nitriles is 1. The second-order valence-corrected chi connectivity index (χ2v) is 6.52. The van der Waals surface area contributed by atoms with Gasteiger partial charge in [-0.25, -0.2) is 0 Å². The second-order valence-electron chi connectivity index (χ2n) is 6.11. The van der Waals surface area contributed by atoms with Crippen LogP contribution in [-0.4, -0.2) is 27.3 Å². The molecule has 2 aromatic heterocycles. The summed E-state index contributed by atoms with van der Waals surface area (Å²) in [4.78, 5) is 24.8. The SMILES string of the molecule is Cc1oc(-n2cccc2)c(C#N)c1C(=O)N(C)Cc1cc([N+](=O)[O-])ccc1Cl. The number of hydrogen-bond donors (Lipinski definition) is 0. The topological polar surface area (TPSA) is 105 Å². The van der Waals surface area contributed by atoms with Gasteiger partial charge in [-0.1, -0.05) is 11.6 Å². The smallest absolute Gasteiger partial charge is 0.269 e. The van der Waals surface area contributed by atoms with Crippen LogP contribution < -0.4 is 0 Å². The van der Waals surface area contributed by atoms with Gasteiger partial charge in [0.15, 0.2) is 0 Å². The molecule has 0 fully saturated rings. The number of rotatable bonds is 5. The van der Waals surface area contributed by atoms with Crippen LogP contribution in [0.2, 0.25) is 5.02 Å². The third-order valence-electron chi connectivity index (χ3n) is 4.22. The lowest BCUT2D eigenvalue weighted by molar-refractivity contribution is -0.384. The fraction of sp³-hybridized carbons (Fsp3) is 0.158. The second kappa shape index (κ2) is 7.58. The molecule has 0 aliphatic carbocycles. The zero-order valence-electron chi connectivity index (χ0n) is 15.0. The predicted molar refractivity (Wildman–Crippen MR) is 101 cm³/mol. The van der Waals surface area contributed by atoms with E-state index in [4.69, 9.17) is 16.0 Å². The summed E-state index contributed by atoms with van der Waals surface area (Å²) >= 11 is 6.12. The van der Waals surface area contributed by atoms with Crippen molar-refractivity contribution < 1.29 is 14.1 Å².